The predicted molar refractivity (Wildman–Crippen MR) is 171 cm³/mol. The van der Waals surface area contributed by atoms with Crippen LogP contribution in [0.15, 0.2) is 84.9 Å². The Morgan fingerprint density at radius 1 is 0.564 bits per heavy atom. The highest BCUT2D eigenvalue weighted by atomic mass is 15.2. The van der Waals surface area contributed by atoms with E-state index < -0.39 is 0 Å². The molecule has 0 saturated carbocycles. The molecule has 2 heterocycles. The van der Waals surface area contributed by atoms with Crippen molar-refractivity contribution in [3.63, 3.8) is 0 Å². The summed E-state index contributed by atoms with van der Waals surface area (Å²) in [7, 11) is 2.22. The minimum Gasteiger partial charge on any atom is -0.374 e. The van der Waals surface area contributed by atoms with Gasteiger partial charge in [-0.05, 0) is 68.3 Å². The van der Waals surface area contributed by atoms with E-state index in [-0.39, 0.29) is 23.1 Å². The van der Waals surface area contributed by atoms with Crippen LogP contribution in [-0.4, -0.2) is 13.9 Å². The average Bonchev–Trinajstić information content (AvgIpc) is 2.89. The number of rotatable bonds is 1. The number of benzene rings is 4. The minimum atomic E-state index is -0.0670. The van der Waals surface area contributed by atoms with Gasteiger partial charge in [-0.3, -0.25) is 0 Å². The van der Waals surface area contributed by atoms with E-state index in [0.29, 0.717) is 0 Å². The maximum Gasteiger partial charge on any atom is 0.328 e. The van der Waals surface area contributed by atoms with E-state index in [2.05, 4.69) is 157 Å². The van der Waals surface area contributed by atoms with E-state index in [0.717, 1.165) is 0 Å². The summed E-state index contributed by atoms with van der Waals surface area (Å²) in [5.74, 6) is 0. The fourth-order valence-corrected chi connectivity index (χ4v) is 6.67. The van der Waals surface area contributed by atoms with Gasteiger partial charge in [-0.2, -0.15) is 0 Å². The van der Waals surface area contributed by atoms with Crippen LogP contribution in [-0.2, 0) is 16.2 Å². The van der Waals surface area contributed by atoms with Crippen LogP contribution in [0, 0.1) is 0 Å². The van der Waals surface area contributed by atoms with Crippen molar-refractivity contribution in [1.82, 2.24) is 0 Å². The van der Waals surface area contributed by atoms with E-state index in [1.807, 2.05) is 0 Å². The van der Waals surface area contributed by atoms with Crippen LogP contribution in [0.25, 0.3) is 0 Å². The summed E-state index contributed by atoms with van der Waals surface area (Å²) in [6.45, 7) is 18.7. The second-order valence-electron chi connectivity index (χ2n) is 14.0. The maximum atomic E-state index is 2.65. The lowest BCUT2D eigenvalue weighted by atomic mass is 9.40. The van der Waals surface area contributed by atoms with Crippen molar-refractivity contribution >= 4 is 40.5 Å². The van der Waals surface area contributed by atoms with Gasteiger partial charge in [0.15, 0.2) is 0 Å². The summed E-state index contributed by atoms with van der Waals surface area (Å²) in [6.07, 6.45) is 0. The summed E-state index contributed by atoms with van der Waals surface area (Å²) in [5, 5.41) is 0. The Morgan fingerprint density at radius 2 is 0.974 bits per heavy atom. The predicted octanol–water partition coefficient (Wildman–Crippen LogP) is 7.95. The Bertz CT molecular complexity index is 1470. The van der Waals surface area contributed by atoms with E-state index in [4.69, 9.17) is 0 Å². The van der Waals surface area contributed by atoms with Crippen LogP contribution in [0.5, 0.6) is 0 Å². The van der Waals surface area contributed by atoms with E-state index in [1.165, 1.54) is 55.9 Å². The van der Waals surface area contributed by atoms with E-state index in [9.17, 15) is 0 Å². The third-order valence-corrected chi connectivity index (χ3v) is 9.04. The van der Waals surface area contributed by atoms with Gasteiger partial charge < -0.3 is 9.71 Å². The van der Waals surface area contributed by atoms with Crippen LogP contribution in [0.2, 0.25) is 0 Å². The summed E-state index contributed by atoms with van der Waals surface area (Å²) in [6, 6.07) is 32.4. The van der Waals surface area contributed by atoms with E-state index >= 15 is 0 Å². The molecular formula is C36H41BN2. The number of anilines is 4. The quantitative estimate of drug-likeness (QED) is 0.239. The minimum absolute atomic E-state index is 0.0528. The Kier molecular flexibility index (Phi) is 5.64. The van der Waals surface area contributed by atoms with Crippen molar-refractivity contribution < 1.29 is 0 Å². The molecule has 0 amide bonds. The molecule has 0 unspecified atom stereocenters. The zero-order chi connectivity index (χ0) is 27.9. The normalized spacial score (nSPS) is 15.9. The third kappa shape index (κ3) is 3.93. The van der Waals surface area contributed by atoms with Gasteiger partial charge in [-0.1, -0.05) is 116 Å². The Balaban J connectivity index is 1.71. The van der Waals surface area contributed by atoms with Crippen molar-refractivity contribution in [2.24, 2.45) is 0 Å². The molecule has 198 valence electrons. The zero-order valence-corrected chi connectivity index (χ0v) is 25.1. The van der Waals surface area contributed by atoms with Crippen molar-refractivity contribution in [3.05, 3.63) is 107 Å². The largest absolute Gasteiger partial charge is 0.374 e. The first-order valence-corrected chi connectivity index (χ1v) is 14.3. The molecule has 0 atom stereocenters. The molecule has 2 nitrogen and oxygen atoms in total. The second kappa shape index (κ2) is 8.52. The number of hydrogen-bond acceptors (Lipinski definition) is 2. The van der Waals surface area contributed by atoms with Gasteiger partial charge in [0, 0.05) is 12.5 Å². The topological polar surface area (TPSA) is 6.48 Å². The molecule has 6 rings (SSSR count). The number of fused-ring (bicyclic) bond motifs is 4. The SMILES string of the molecule is CN1c2ccc(C(C)(C)C)cc2N(B2c3ccccc3C(C)(C)c3ccccc32)c2cc(C(C)(C)C)ccc21. The van der Waals surface area contributed by atoms with Crippen molar-refractivity contribution in [3.8, 4) is 0 Å². The molecule has 0 bridgehead atoms. The second-order valence-corrected chi connectivity index (χ2v) is 14.0. The summed E-state index contributed by atoms with van der Waals surface area (Å²) in [4.78, 5) is 5.03. The Morgan fingerprint density at radius 3 is 1.38 bits per heavy atom. The molecule has 2 aliphatic heterocycles. The monoisotopic (exact) mass is 512 g/mol. The van der Waals surface area contributed by atoms with Gasteiger partial charge in [-0.15, -0.1) is 0 Å². The van der Waals surface area contributed by atoms with Crippen LogP contribution in [0.1, 0.15) is 77.6 Å². The lowest BCUT2D eigenvalue weighted by molar-refractivity contribution is 0.590. The van der Waals surface area contributed by atoms with Gasteiger partial charge in [0.1, 0.15) is 0 Å². The van der Waals surface area contributed by atoms with Crippen molar-refractivity contribution in [2.75, 3.05) is 16.8 Å². The Labute approximate surface area is 235 Å². The zero-order valence-electron chi connectivity index (χ0n) is 25.1. The van der Waals surface area contributed by atoms with Gasteiger partial charge >= 0.3 is 6.85 Å². The van der Waals surface area contributed by atoms with Gasteiger partial charge in [0.2, 0.25) is 0 Å². The fourth-order valence-electron chi connectivity index (χ4n) is 6.67. The fraction of sp³-hybridized carbons (Fsp3) is 0.333. The van der Waals surface area contributed by atoms with Crippen LogP contribution in [0.3, 0.4) is 0 Å². The lowest BCUT2D eigenvalue weighted by Gasteiger charge is -2.47. The maximum absolute atomic E-state index is 2.65. The molecule has 4 aromatic carbocycles. The first kappa shape index (κ1) is 25.8. The molecule has 0 N–H and O–H groups in total. The van der Waals surface area contributed by atoms with Gasteiger partial charge in [0.25, 0.3) is 0 Å². The highest BCUT2D eigenvalue weighted by molar-refractivity contribution is 6.90. The molecule has 3 heteroatoms. The van der Waals surface area contributed by atoms with Gasteiger partial charge in [0.05, 0.1) is 22.7 Å². The summed E-state index contributed by atoms with van der Waals surface area (Å²) < 4.78 is 0. The average molecular weight is 513 g/mol. The van der Waals surface area contributed by atoms with Crippen LogP contribution >= 0.6 is 0 Å². The molecule has 39 heavy (non-hydrogen) atoms. The molecule has 2 aliphatic rings. The standard InChI is InChI=1S/C36H41BN2/c1-34(2,3)24-18-20-30-32(22-24)39(33-23-25(35(4,5)6)19-21-31(33)38(30)9)37-28-16-12-10-14-26(28)36(7,8)27-15-11-13-17-29(27)37/h10-23H,1-9H3. The highest BCUT2D eigenvalue weighted by Gasteiger charge is 2.45. The summed E-state index contributed by atoms with van der Waals surface area (Å²) in [5.41, 5.74) is 13.4. The first-order chi connectivity index (χ1) is 18.3. The number of hydrogen-bond donors (Lipinski definition) is 0. The first-order valence-electron chi connectivity index (χ1n) is 14.3. The molecular weight excluding hydrogens is 471 g/mol. The third-order valence-electron chi connectivity index (χ3n) is 9.04. The van der Waals surface area contributed by atoms with Crippen LogP contribution in [0.4, 0.5) is 22.7 Å². The lowest BCUT2D eigenvalue weighted by Crippen LogP contribution is -2.62. The van der Waals surface area contributed by atoms with Crippen molar-refractivity contribution in [2.45, 2.75) is 71.6 Å². The molecule has 0 aliphatic carbocycles. The smallest absolute Gasteiger partial charge is 0.328 e. The molecule has 0 saturated heterocycles. The highest BCUT2D eigenvalue weighted by Crippen LogP contribution is 2.50. The van der Waals surface area contributed by atoms with Crippen molar-refractivity contribution in [1.29, 1.82) is 0 Å². The molecule has 0 fully saturated rings. The van der Waals surface area contributed by atoms with Crippen LogP contribution < -0.4 is 20.6 Å². The Hall–Kier alpha value is -3.46. The number of nitrogens with zero attached hydrogens (tertiary/aromatic N) is 2. The molecule has 0 radical (unpaired) electrons. The van der Waals surface area contributed by atoms with Gasteiger partial charge in [-0.25, -0.2) is 0 Å². The molecule has 0 spiro atoms. The summed E-state index contributed by atoms with van der Waals surface area (Å²) >= 11 is 0. The van der Waals surface area contributed by atoms with E-state index in [1.54, 1.807) is 0 Å². The molecule has 4 aromatic rings. The molecule has 0 aromatic heterocycles.